The van der Waals surface area contributed by atoms with Crippen molar-refractivity contribution >= 4 is 29.5 Å². The van der Waals surface area contributed by atoms with E-state index in [-0.39, 0.29) is 16.6 Å². The Labute approximate surface area is 143 Å². The molecule has 1 fully saturated rings. The number of amides is 3. The molecular weight excluding hydrogens is 339 g/mol. The number of rotatable bonds is 4. The van der Waals surface area contributed by atoms with Crippen LogP contribution in [-0.2, 0) is 9.53 Å². The minimum absolute atomic E-state index is 0.0506. The quantitative estimate of drug-likeness (QED) is 0.812. The fourth-order valence-electron chi connectivity index (χ4n) is 2.49. The van der Waals surface area contributed by atoms with E-state index in [4.69, 9.17) is 11.6 Å². The van der Waals surface area contributed by atoms with E-state index < -0.39 is 30.3 Å². The predicted octanol–water partition coefficient (Wildman–Crippen LogP) is 2.79. The maximum Gasteiger partial charge on any atom is 0.341 e. The first-order valence-electron chi connectivity index (χ1n) is 7.68. The van der Waals surface area contributed by atoms with Gasteiger partial charge in [-0.3, -0.25) is 10.1 Å². The van der Waals surface area contributed by atoms with Crippen LogP contribution >= 0.6 is 11.6 Å². The van der Waals surface area contributed by atoms with Crippen LogP contribution in [0.15, 0.2) is 18.2 Å². The van der Waals surface area contributed by atoms with Crippen molar-refractivity contribution in [2.75, 3.05) is 6.61 Å². The van der Waals surface area contributed by atoms with Crippen molar-refractivity contribution < 1.29 is 23.5 Å². The highest BCUT2D eigenvalue weighted by Gasteiger charge is 2.19. The number of ether oxygens (including phenoxy) is 1. The van der Waals surface area contributed by atoms with E-state index in [1.54, 1.807) is 0 Å². The average Bonchev–Trinajstić information content (AvgIpc) is 2.55. The van der Waals surface area contributed by atoms with Crippen LogP contribution in [0.2, 0.25) is 5.02 Å². The molecule has 0 aromatic heterocycles. The number of imide groups is 1. The Kier molecular flexibility index (Phi) is 6.54. The van der Waals surface area contributed by atoms with Crippen molar-refractivity contribution in [3.63, 3.8) is 0 Å². The van der Waals surface area contributed by atoms with Gasteiger partial charge in [-0.25, -0.2) is 14.0 Å². The van der Waals surface area contributed by atoms with Crippen LogP contribution in [0.25, 0.3) is 0 Å². The summed E-state index contributed by atoms with van der Waals surface area (Å²) in [6, 6.07) is 2.84. The Balaban J connectivity index is 1.76. The molecule has 6 nitrogen and oxygen atoms in total. The molecule has 0 unspecified atom stereocenters. The zero-order valence-corrected chi connectivity index (χ0v) is 13.7. The van der Waals surface area contributed by atoms with Gasteiger partial charge in [0.15, 0.2) is 6.61 Å². The van der Waals surface area contributed by atoms with Gasteiger partial charge in [-0.05, 0) is 31.0 Å². The molecule has 0 radical (unpaired) electrons. The molecule has 0 heterocycles. The summed E-state index contributed by atoms with van der Waals surface area (Å²) in [4.78, 5) is 35.0. The lowest BCUT2D eigenvalue weighted by Crippen LogP contribution is -2.46. The Morgan fingerprint density at radius 1 is 1.21 bits per heavy atom. The first-order chi connectivity index (χ1) is 11.5. The summed E-state index contributed by atoms with van der Waals surface area (Å²) in [5.74, 6) is -2.63. The normalized spacial score (nSPS) is 14.8. The summed E-state index contributed by atoms with van der Waals surface area (Å²) < 4.78 is 18.2. The molecule has 0 saturated heterocycles. The van der Waals surface area contributed by atoms with Gasteiger partial charge in [-0.1, -0.05) is 30.9 Å². The van der Waals surface area contributed by atoms with Crippen molar-refractivity contribution in [2.45, 2.75) is 38.1 Å². The summed E-state index contributed by atoms with van der Waals surface area (Å²) in [5.41, 5.74) is -0.373. The van der Waals surface area contributed by atoms with E-state index in [0.29, 0.717) is 0 Å². The minimum Gasteiger partial charge on any atom is -0.452 e. The van der Waals surface area contributed by atoms with Gasteiger partial charge in [0, 0.05) is 11.1 Å². The van der Waals surface area contributed by atoms with Crippen molar-refractivity contribution in [2.24, 2.45) is 0 Å². The molecular formula is C16H18ClFN2O4. The first-order valence-corrected chi connectivity index (χ1v) is 8.06. The summed E-state index contributed by atoms with van der Waals surface area (Å²) in [6.45, 7) is -0.692. The lowest BCUT2D eigenvalue weighted by Gasteiger charge is -2.22. The summed E-state index contributed by atoms with van der Waals surface area (Å²) in [7, 11) is 0. The van der Waals surface area contributed by atoms with Gasteiger partial charge in [0.1, 0.15) is 5.82 Å². The Morgan fingerprint density at radius 3 is 2.62 bits per heavy atom. The molecule has 1 saturated carbocycles. The number of urea groups is 1. The number of nitrogens with one attached hydrogen (secondary N) is 2. The first kappa shape index (κ1) is 18.2. The number of hydrogen-bond acceptors (Lipinski definition) is 4. The van der Waals surface area contributed by atoms with E-state index in [1.807, 2.05) is 0 Å². The third-order valence-electron chi connectivity index (χ3n) is 3.68. The maximum absolute atomic E-state index is 13.5. The van der Waals surface area contributed by atoms with Crippen LogP contribution in [0.5, 0.6) is 0 Å². The van der Waals surface area contributed by atoms with Crippen LogP contribution < -0.4 is 10.6 Å². The number of esters is 1. The number of benzene rings is 1. The van der Waals surface area contributed by atoms with Gasteiger partial charge in [0.25, 0.3) is 5.91 Å². The number of hydrogen-bond donors (Lipinski definition) is 2. The molecule has 0 aliphatic heterocycles. The van der Waals surface area contributed by atoms with Crippen LogP contribution in [0.1, 0.15) is 42.5 Å². The van der Waals surface area contributed by atoms with E-state index in [1.165, 1.54) is 6.07 Å². The van der Waals surface area contributed by atoms with Gasteiger partial charge >= 0.3 is 12.0 Å². The van der Waals surface area contributed by atoms with Gasteiger partial charge < -0.3 is 10.1 Å². The van der Waals surface area contributed by atoms with Crippen molar-refractivity contribution in [1.82, 2.24) is 10.6 Å². The van der Waals surface area contributed by atoms with E-state index in [9.17, 15) is 18.8 Å². The van der Waals surface area contributed by atoms with Crippen molar-refractivity contribution in [1.29, 1.82) is 0 Å². The van der Waals surface area contributed by atoms with Crippen LogP contribution in [0.4, 0.5) is 9.18 Å². The second-order valence-electron chi connectivity index (χ2n) is 5.56. The molecule has 8 heteroatoms. The molecule has 130 valence electrons. The van der Waals surface area contributed by atoms with Gasteiger partial charge in [-0.15, -0.1) is 0 Å². The molecule has 1 aliphatic carbocycles. The van der Waals surface area contributed by atoms with Gasteiger partial charge in [0.2, 0.25) is 0 Å². The third-order valence-corrected chi connectivity index (χ3v) is 3.91. The highest BCUT2D eigenvalue weighted by Crippen LogP contribution is 2.17. The largest absolute Gasteiger partial charge is 0.452 e. The van der Waals surface area contributed by atoms with Crippen LogP contribution in [0, 0.1) is 5.82 Å². The molecule has 0 spiro atoms. The predicted molar refractivity (Wildman–Crippen MR) is 85.2 cm³/mol. The fourth-order valence-corrected chi connectivity index (χ4v) is 2.67. The van der Waals surface area contributed by atoms with Crippen LogP contribution in [-0.4, -0.2) is 30.6 Å². The van der Waals surface area contributed by atoms with Gasteiger partial charge in [0.05, 0.1) is 5.56 Å². The highest BCUT2D eigenvalue weighted by molar-refractivity contribution is 6.30. The summed E-state index contributed by atoms with van der Waals surface area (Å²) in [6.07, 6.45) is 4.99. The zero-order chi connectivity index (χ0) is 17.5. The SMILES string of the molecule is O=C(COC(=O)c1cc(Cl)ccc1F)NC(=O)NC1CCCCC1. The monoisotopic (exact) mass is 356 g/mol. The minimum atomic E-state index is -1.03. The average molecular weight is 357 g/mol. The van der Waals surface area contributed by atoms with E-state index in [2.05, 4.69) is 15.4 Å². The molecule has 0 bridgehead atoms. The summed E-state index contributed by atoms with van der Waals surface area (Å²) in [5, 5.41) is 4.94. The highest BCUT2D eigenvalue weighted by atomic mass is 35.5. The maximum atomic E-state index is 13.5. The molecule has 1 aliphatic rings. The smallest absolute Gasteiger partial charge is 0.341 e. The van der Waals surface area contributed by atoms with Crippen molar-refractivity contribution in [3.05, 3.63) is 34.6 Å². The Bertz CT molecular complexity index is 633. The lowest BCUT2D eigenvalue weighted by molar-refractivity contribution is -0.123. The van der Waals surface area contributed by atoms with E-state index in [0.717, 1.165) is 44.2 Å². The molecule has 3 amide bonds. The van der Waals surface area contributed by atoms with E-state index >= 15 is 0 Å². The lowest BCUT2D eigenvalue weighted by atomic mass is 9.96. The second kappa shape index (κ2) is 8.63. The molecule has 1 aromatic rings. The fraction of sp³-hybridized carbons (Fsp3) is 0.438. The van der Waals surface area contributed by atoms with Crippen molar-refractivity contribution in [3.8, 4) is 0 Å². The Morgan fingerprint density at radius 2 is 1.92 bits per heavy atom. The topological polar surface area (TPSA) is 84.5 Å². The number of carbonyl (C=O) groups excluding carboxylic acids is 3. The second-order valence-corrected chi connectivity index (χ2v) is 5.99. The van der Waals surface area contributed by atoms with Gasteiger partial charge in [-0.2, -0.15) is 0 Å². The molecule has 1 aromatic carbocycles. The standard InChI is InChI=1S/C16H18ClFN2O4/c17-10-6-7-13(18)12(8-10)15(22)24-9-14(21)20-16(23)19-11-4-2-1-3-5-11/h6-8,11H,1-5,9H2,(H2,19,20,21,23). The molecule has 2 N–H and O–H groups in total. The Hall–Kier alpha value is -2.15. The number of halogens is 2. The number of carbonyl (C=O) groups is 3. The zero-order valence-electron chi connectivity index (χ0n) is 12.9. The molecule has 0 atom stereocenters. The summed E-state index contributed by atoms with van der Waals surface area (Å²) >= 11 is 5.68. The third kappa shape index (κ3) is 5.49. The van der Waals surface area contributed by atoms with Crippen LogP contribution in [0.3, 0.4) is 0 Å². The molecule has 2 rings (SSSR count). The molecule has 24 heavy (non-hydrogen) atoms.